The Kier molecular flexibility index (Phi) is 4.40. The SMILES string of the molecule is OCc1ccc(CNC2CCN(c3c(F)cccc3F)C2)o1. The van der Waals surface area contributed by atoms with Gasteiger partial charge in [0.15, 0.2) is 0 Å². The molecule has 0 aliphatic carbocycles. The van der Waals surface area contributed by atoms with E-state index >= 15 is 0 Å². The molecule has 1 aromatic heterocycles. The molecule has 2 N–H and O–H groups in total. The summed E-state index contributed by atoms with van der Waals surface area (Å²) in [4.78, 5) is 1.73. The third-order valence-corrected chi connectivity index (χ3v) is 3.88. The number of furan rings is 1. The van der Waals surface area contributed by atoms with E-state index < -0.39 is 11.6 Å². The second kappa shape index (κ2) is 6.46. The van der Waals surface area contributed by atoms with Gasteiger partial charge in [-0.1, -0.05) is 6.07 Å². The minimum atomic E-state index is -0.528. The zero-order valence-corrected chi connectivity index (χ0v) is 12.1. The number of nitrogens with zero attached hydrogens (tertiary/aromatic N) is 1. The van der Waals surface area contributed by atoms with Crippen LogP contribution in [0.4, 0.5) is 14.5 Å². The van der Waals surface area contributed by atoms with Crippen molar-refractivity contribution in [1.82, 2.24) is 5.32 Å². The number of aliphatic hydroxyl groups is 1. The predicted octanol–water partition coefficient (Wildman–Crippen LogP) is 2.42. The number of aliphatic hydroxyl groups excluding tert-OH is 1. The molecule has 1 atom stereocenters. The standard InChI is InChI=1S/C16H18F2N2O2/c17-14-2-1-3-15(18)16(14)20-7-6-11(9-20)19-8-12-4-5-13(10-21)22-12/h1-5,11,19,21H,6-10H2. The molecular weight excluding hydrogens is 290 g/mol. The molecule has 1 aliphatic heterocycles. The van der Waals surface area contributed by atoms with Crippen LogP contribution >= 0.6 is 0 Å². The van der Waals surface area contributed by atoms with Gasteiger partial charge in [-0.25, -0.2) is 8.78 Å². The second-order valence-corrected chi connectivity index (χ2v) is 5.41. The van der Waals surface area contributed by atoms with Crippen LogP contribution in [0.25, 0.3) is 0 Å². The Bertz CT molecular complexity index is 625. The zero-order valence-electron chi connectivity index (χ0n) is 12.1. The first-order valence-electron chi connectivity index (χ1n) is 7.28. The summed E-state index contributed by atoms with van der Waals surface area (Å²) in [5.74, 6) is 0.205. The summed E-state index contributed by atoms with van der Waals surface area (Å²) in [6, 6.07) is 7.60. The minimum absolute atomic E-state index is 0.0485. The van der Waals surface area contributed by atoms with Gasteiger partial charge in [0.1, 0.15) is 35.4 Å². The van der Waals surface area contributed by atoms with Crippen LogP contribution in [0.2, 0.25) is 0 Å². The number of hydrogen-bond acceptors (Lipinski definition) is 4. The van der Waals surface area contributed by atoms with Gasteiger partial charge in [-0.05, 0) is 30.7 Å². The molecule has 2 heterocycles. The molecule has 4 nitrogen and oxygen atoms in total. The van der Waals surface area contributed by atoms with Crippen molar-refractivity contribution in [2.45, 2.75) is 25.6 Å². The highest BCUT2D eigenvalue weighted by molar-refractivity contribution is 5.50. The second-order valence-electron chi connectivity index (χ2n) is 5.41. The molecule has 0 amide bonds. The Morgan fingerprint density at radius 2 is 1.91 bits per heavy atom. The third-order valence-electron chi connectivity index (χ3n) is 3.88. The first kappa shape index (κ1) is 15.0. The summed E-state index contributed by atoms with van der Waals surface area (Å²) in [6.07, 6.45) is 0.807. The Morgan fingerprint density at radius 1 is 1.18 bits per heavy atom. The van der Waals surface area contributed by atoms with Crippen molar-refractivity contribution in [3.8, 4) is 0 Å². The molecule has 1 aliphatic rings. The van der Waals surface area contributed by atoms with Crippen LogP contribution in [0, 0.1) is 11.6 Å². The fourth-order valence-electron chi connectivity index (χ4n) is 2.77. The van der Waals surface area contributed by atoms with Gasteiger partial charge in [0.25, 0.3) is 0 Å². The molecular formula is C16H18F2N2O2. The van der Waals surface area contributed by atoms with Crippen molar-refractivity contribution in [2.75, 3.05) is 18.0 Å². The molecule has 1 unspecified atom stereocenters. The van der Waals surface area contributed by atoms with E-state index in [1.807, 2.05) is 6.07 Å². The van der Waals surface area contributed by atoms with Crippen molar-refractivity contribution in [1.29, 1.82) is 0 Å². The van der Waals surface area contributed by atoms with Crippen molar-refractivity contribution in [2.24, 2.45) is 0 Å². The highest BCUT2D eigenvalue weighted by Gasteiger charge is 2.26. The van der Waals surface area contributed by atoms with Gasteiger partial charge in [0, 0.05) is 19.1 Å². The van der Waals surface area contributed by atoms with Crippen molar-refractivity contribution in [3.05, 3.63) is 53.5 Å². The van der Waals surface area contributed by atoms with Crippen LogP contribution in [0.5, 0.6) is 0 Å². The van der Waals surface area contributed by atoms with Gasteiger partial charge in [0.05, 0.1) is 6.54 Å². The van der Waals surface area contributed by atoms with Crippen LogP contribution in [0.3, 0.4) is 0 Å². The molecule has 22 heavy (non-hydrogen) atoms. The Labute approximate surface area is 127 Å². The van der Waals surface area contributed by atoms with Crippen LogP contribution in [-0.4, -0.2) is 24.2 Å². The van der Waals surface area contributed by atoms with E-state index in [0.29, 0.717) is 25.4 Å². The van der Waals surface area contributed by atoms with E-state index in [2.05, 4.69) is 5.32 Å². The summed E-state index contributed by atoms with van der Waals surface area (Å²) >= 11 is 0. The molecule has 3 rings (SSSR count). The van der Waals surface area contributed by atoms with E-state index in [0.717, 1.165) is 12.2 Å². The zero-order chi connectivity index (χ0) is 15.5. The maximum Gasteiger partial charge on any atom is 0.149 e. The number of halogens is 2. The summed E-state index contributed by atoms with van der Waals surface area (Å²) in [5.41, 5.74) is 0.0485. The summed E-state index contributed by atoms with van der Waals surface area (Å²) < 4.78 is 33.0. The molecule has 2 aromatic rings. The predicted molar refractivity (Wildman–Crippen MR) is 78.4 cm³/mol. The largest absolute Gasteiger partial charge is 0.462 e. The molecule has 1 fully saturated rings. The molecule has 6 heteroatoms. The molecule has 0 saturated carbocycles. The summed E-state index contributed by atoms with van der Waals surface area (Å²) in [7, 11) is 0. The number of nitrogens with one attached hydrogen (secondary N) is 1. The fourth-order valence-corrected chi connectivity index (χ4v) is 2.77. The smallest absolute Gasteiger partial charge is 0.149 e. The maximum atomic E-state index is 13.8. The normalized spacial score (nSPS) is 18.1. The van der Waals surface area contributed by atoms with Gasteiger partial charge in [-0.2, -0.15) is 0 Å². The lowest BCUT2D eigenvalue weighted by molar-refractivity contribution is 0.242. The van der Waals surface area contributed by atoms with Gasteiger partial charge >= 0.3 is 0 Å². The Balaban J connectivity index is 1.58. The Morgan fingerprint density at radius 3 is 2.59 bits per heavy atom. The topological polar surface area (TPSA) is 48.6 Å². The van der Waals surface area contributed by atoms with Gasteiger partial charge in [-0.15, -0.1) is 0 Å². The number of benzene rings is 1. The van der Waals surface area contributed by atoms with Gasteiger partial charge < -0.3 is 19.7 Å². The summed E-state index contributed by atoms with van der Waals surface area (Å²) in [5, 5.41) is 12.3. The lowest BCUT2D eigenvalue weighted by atomic mass is 10.2. The van der Waals surface area contributed by atoms with Crippen LogP contribution in [0.15, 0.2) is 34.7 Å². The number of para-hydroxylation sites is 1. The molecule has 0 radical (unpaired) electrons. The van der Waals surface area contributed by atoms with E-state index in [4.69, 9.17) is 9.52 Å². The van der Waals surface area contributed by atoms with Gasteiger partial charge in [-0.3, -0.25) is 0 Å². The fraction of sp³-hybridized carbons (Fsp3) is 0.375. The Hall–Kier alpha value is -1.92. The first-order chi connectivity index (χ1) is 10.7. The average molecular weight is 308 g/mol. The summed E-state index contributed by atoms with van der Waals surface area (Å²) in [6.45, 7) is 1.56. The highest BCUT2D eigenvalue weighted by atomic mass is 19.1. The minimum Gasteiger partial charge on any atom is -0.462 e. The quantitative estimate of drug-likeness (QED) is 0.890. The van der Waals surface area contributed by atoms with Crippen LogP contribution in [0.1, 0.15) is 17.9 Å². The van der Waals surface area contributed by atoms with E-state index in [9.17, 15) is 8.78 Å². The average Bonchev–Trinajstić information content (AvgIpc) is 3.14. The number of rotatable bonds is 5. The van der Waals surface area contributed by atoms with Gasteiger partial charge in [0.2, 0.25) is 0 Å². The molecule has 118 valence electrons. The third kappa shape index (κ3) is 3.13. The van der Waals surface area contributed by atoms with E-state index in [1.54, 1.807) is 11.0 Å². The highest BCUT2D eigenvalue weighted by Crippen LogP contribution is 2.26. The van der Waals surface area contributed by atoms with Crippen molar-refractivity contribution in [3.63, 3.8) is 0 Å². The number of anilines is 1. The van der Waals surface area contributed by atoms with Crippen molar-refractivity contribution >= 4 is 5.69 Å². The maximum absolute atomic E-state index is 13.8. The van der Waals surface area contributed by atoms with E-state index in [-0.39, 0.29) is 18.3 Å². The molecule has 1 aromatic carbocycles. The first-order valence-corrected chi connectivity index (χ1v) is 7.28. The lowest BCUT2D eigenvalue weighted by Crippen LogP contribution is -2.32. The van der Waals surface area contributed by atoms with E-state index in [1.165, 1.54) is 18.2 Å². The molecule has 0 spiro atoms. The molecule has 0 bridgehead atoms. The van der Waals surface area contributed by atoms with Crippen LogP contribution < -0.4 is 10.2 Å². The number of hydrogen-bond donors (Lipinski definition) is 2. The van der Waals surface area contributed by atoms with Crippen LogP contribution in [-0.2, 0) is 13.2 Å². The van der Waals surface area contributed by atoms with Crippen molar-refractivity contribution < 1.29 is 18.3 Å². The molecule has 1 saturated heterocycles. The monoisotopic (exact) mass is 308 g/mol. The lowest BCUT2D eigenvalue weighted by Gasteiger charge is -2.20.